The molecule has 3 N–H and O–H groups in total. The molecule has 3 rings (SSSR count). The van der Waals surface area contributed by atoms with E-state index in [0.29, 0.717) is 18.0 Å². The van der Waals surface area contributed by atoms with Crippen LogP contribution in [0.15, 0.2) is 41.3 Å². The third kappa shape index (κ3) is 3.62. The maximum atomic E-state index is 15.2. The van der Waals surface area contributed by atoms with E-state index in [9.17, 15) is 9.18 Å². The minimum atomic E-state index is -0.949. The molecule has 4 nitrogen and oxygen atoms in total. The Hall–Kier alpha value is -2.60. The quantitative estimate of drug-likeness (QED) is 0.617. The van der Waals surface area contributed by atoms with Crippen molar-refractivity contribution < 1.29 is 8.78 Å². The molecule has 142 valence electrons. The van der Waals surface area contributed by atoms with Gasteiger partial charge in [0, 0.05) is 29.9 Å². The first kappa shape index (κ1) is 19.2. The van der Waals surface area contributed by atoms with E-state index in [-0.39, 0.29) is 28.3 Å². The average molecular weight is 392 g/mol. The summed E-state index contributed by atoms with van der Waals surface area (Å²) in [6.07, 6.45) is 2.03. The third-order valence-electron chi connectivity index (χ3n) is 4.47. The van der Waals surface area contributed by atoms with Crippen LogP contribution in [0, 0.1) is 11.6 Å². The highest BCUT2D eigenvalue weighted by molar-refractivity contribution is 6.30. The number of aromatic nitrogens is 1. The number of anilines is 2. The number of halogens is 3. The number of hydrogen-bond acceptors (Lipinski definition) is 3. The van der Waals surface area contributed by atoms with Crippen LogP contribution < -0.4 is 16.5 Å². The fraction of sp³-hybridized carbons (Fsp3) is 0.250. The van der Waals surface area contributed by atoms with Crippen molar-refractivity contribution in [2.45, 2.75) is 26.3 Å². The Morgan fingerprint density at radius 1 is 1.15 bits per heavy atom. The smallest absolute Gasteiger partial charge is 0.191 e. The normalized spacial score (nSPS) is 11.3. The lowest BCUT2D eigenvalue weighted by Gasteiger charge is -2.19. The predicted molar refractivity (Wildman–Crippen MR) is 107 cm³/mol. The zero-order valence-corrected chi connectivity index (χ0v) is 15.8. The second-order valence-electron chi connectivity index (χ2n) is 6.62. The van der Waals surface area contributed by atoms with Gasteiger partial charge in [-0.05, 0) is 38.0 Å². The van der Waals surface area contributed by atoms with Gasteiger partial charge in [-0.2, -0.15) is 0 Å². The van der Waals surface area contributed by atoms with Crippen molar-refractivity contribution >= 4 is 33.9 Å². The third-order valence-corrected chi connectivity index (χ3v) is 4.72. The van der Waals surface area contributed by atoms with Gasteiger partial charge in [0.2, 0.25) is 0 Å². The number of nitrogen functional groups attached to an aromatic ring is 1. The number of nitrogens with one attached hydrogen (secondary N) is 1. The molecule has 7 heteroatoms. The van der Waals surface area contributed by atoms with Crippen LogP contribution in [-0.4, -0.2) is 11.1 Å². The molecule has 0 aliphatic rings. The van der Waals surface area contributed by atoms with Crippen LogP contribution in [0.1, 0.15) is 25.5 Å². The fourth-order valence-corrected chi connectivity index (χ4v) is 3.19. The Morgan fingerprint density at radius 2 is 1.81 bits per heavy atom. The minimum absolute atomic E-state index is 0.00499. The Labute approximate surface area is 160 Å². The standard InChI is InChI=1S/C20H20ClF2N3O/c1-11(2)26-10-8-14(27)15-18(24)16(22)19(17(23)20(15)26)25-9-7-12-3-5-13(21)6-4-12/h3-6,8,10-11,25H,7,9,24H2,1-2H3. The Kier molecular flexibility index (Phi) is 5.37. The van der Waals surface area contributed by atoms with Gasteiger partial charge in [-0.3, -0.25) is 4.79 Å². The molecule has 0 saturated carbocycles. The second-order valence-corrected chi connectivity index (χ2v) is 7.06. The molecule has 0 atom stereocenters. The number of nitrogens with zero attached hydrogens (tertiary/aromatic N) is 1. The van der Waals surface area contributed by atoms with Crippen LogP contribution in [0.3, 0.4) is 0 Å². The van der Waals surface area contributed by atoms with E-state index in [1.165, 1.54) is 12.3 Å². The largest absolute Gasteiger partial charge is 0.396 e. The van der Waals surface area contributed by atoms with E-state index in [1.54, 1.807) is 16.7 Å². The molecule has 3 aromatic rings. The van der Waals surface area contributed by atoms with Crippen LogP contribution in [0.4, 0.5) is 20.2 Å². The Bertz CT molecular complexity index is 1050. The number of nitrogens with two attached hydrogens (primary N) is 1. The highest BCUT2D eigenvalue weighted by Crippen LogP contribution is 2.33. The van der Waals surface area contributed by atoms with E-state index in [1.807, 2.05) is 26.0 Å². The van der Waals surface area contributed by atoms with Gasteiger partial charge in [0.1, 0.15) is 5.69 Å². The molecule has 0 amide bonds. The first-order valence-corrected chi connectivity index (χ1v) is 8.98. The first-order valence-electron chi connectivity index (χ1n) is 8.60. The molecule has 27 heavy (non-hydrogen) atoms. The van der Waals surface area contributed by atoms with Crippen molar-refractivity contribution in [3.8, 4) is 0 Å². The minimum Gasteiger partial charge on any atom is -0.396 e. The highest BCUT2D eigenvalue weighted by atomic mass is 35.5. The molecule has 1 heterocycles. The summed E-state index contributed by atoms with van der Waals surface area (Å²) in [4.78, 5) is 12.2. The maximum Gasteiger partial charge on any atom is 0.191 e. The number of hydrogen-bond donors (Lipinski definition) is 2. The van der Waals surface area contributed by atoms with Crippen LogP contribution in [0.5, 0.6) is 0 Å². The van der Waals surface area contributed by atoms with Gasteiger partial charge in [-0.1, -0.05) is 23.7 Å². The summed E-state index contributed by atoms with van der Waals surface area (Å²) in [5, 5.41) is 3.27. The lowest BCUT2D eigenvalue weighted by molar-refractivity contribution is 0.571. The topological polar surface area (TPSA) is 60.0 Å². The van der Waals surface area contributed by atoms with Gasteiger partial charge in [0.05, 0.1) is 16.6 Å². The maximum absolute atomic E-state index is 15.2. The van der Waals surface area contributed by atoms with Gasteiger partial charge < -0.3 is 15.6 Å². The van der Waals surface area contributed by atoms with Gasteiger partial charge in [-0.25, -0.2) is 8.78 Å². The molecule has 0 radical (unpaired) electrons. The van der Waals surface area contributed by atoms with Crippen LogP contribution in [0.2, 0.25) is 5.02 Å². The molecule has 0 aliphatic heterocycles. The summed E-state index contributed by atoms with van der Waals surface area (Å²) < 4.78 is 31.4. The Morgan fingerprint density at radius 3 is 2.44 bits per heavy atom. The van der Waals surface area contributed by atoms with E-state index in [4.69, 9.17) is 17.3 Å². The molecule has 1 aromatic heterocycles. The predicted octanol–water partition coefficient (Wildman–Crippen LogP) is 4.75. The molecule has 0 aliphatic carbocycles. The monoisotopic (exact) mass is 391 g/mol. The summed E-state index contributed by atoms with van der Waals surface area (Å²) >= 11 is 5.85. The van der Waals surface area contributed by atoms with Crippen molar-refractivity contribution in [2.75, 3.05) is 17.6 Å². The van der Waals surface area contributed by atoms with E-state index in [2.05, 4.69) is 5.32 Å². The highest BCUT2D eigenvalue weighted by Gasteiger charge is 2.22. The number of rotatable bonds is 5. The lowest BCUT2D eigenvalue weighted by atomic mass is 10.1. The molecule has 0 fully saturated rings. The molecule has 0 saturated heterocycles. The van der Waals surface area contributed by atoms with Crippen molar-refractivity contribution in [3.05, 3.63) is 69.0 Å². The van der Waals surface area contributed by atoms with Crippen molar-refractivity contribution in [3.63, 3.8) is 0 Å². The van der Waals surface area contributed by atoms with Gasteiger partial charge >= 0.3 is 0 Å². The summed E-state index contributed by atoms with van der Waals surface area (Å²) in [6.45, 7) is 3.98. The summed E-state index contributed by atoms with van der Waals surface area (Å²) in [6, 6.07) is 8.35. The molecule has 0 bridgehead atoms. The molecule has 0 spiro atoms. The van der Waals surface area contributed by atoms with Gasteiger partial charge in [0.15, 0.2) is 17.1 Å². The molecule has 2 aromatic carbocycles. The van der Waals surface area contributed by atoms with Crippen LogP contribution in [-0.2, 0) is 6.42 Å². The Balaban J connectivity index is 2.01. The van der Waals surface area contributed by atoms with E-state index < -0.39 is 17.1 Å². The van der Waals surface area contributed by atoms with Crippen molar-refractivity contribution in [2.24, 2.45) is 0 Å². The summed E-state index contributed by atoms with van der Waals surface area (Å²) in [5.41, 5.74) is 5.64. The van der Waals surface area contributed by atoms with Gasteiger partial charge in [-0.15, -0.1) is 0 Å². The average Bonchev–Trinajstić information content (AvgIpc) is 2.63. The first-order chi connectivity index (χ1) is 12.8. The number of pyridine rings is 1. The summed E-state index contributed by atoms with van der Waals surface area (Å²) in [5.74, 6) is -1.77. The van der Waals surface area contributed by atoms with Crippen LogP contribution in [0.25, 0.3) is 10.9 Å². The van der Waals surface area contributed by atoms with Crippen LogP contribution >= 0.6 is 11.6 Å². The van der Waals surface area contributed by atoms with E-state index >= 15 is 4.39 Å². The van der Waals surface area contributed by atoms with Gasteiger partial charge in [0.25, 0.3) is 0 Å². The van der Waals surface area contributed by atoms with E-state index in [0.717, 1.165) is 5.56 Å². The van der Waals surface area contributed by atoms with Crippen molar-refractivity contribution in [1.29, 1.82) is 0 Å². The fourth-order valence-electron chi connectivity index (χ4n) is 3.06. The lowest BCUT2D eigenvalue weighted by Crippen LogP contribution is -2.17. The molecular weight excluding hydrogens is 372 g/mol. The number of benzene rings is 2. The zero-order valence-electron chi connectivity index (χ0n) is 15.0. The zero-order chi connectivity index (χ0) is 19.7. The molecule has 0 unspecified atom stereocenters. The number of fused-ring (bicyclic) bond motifs is 1. The molecular formula is C20H20ClF2N3O. The summed E-state index contributed by atoms with van der Waals surface area (Å²) in [7, 11) is 0. The SMILES string of the molecule is CC(C)n1ccc(=O)c2c(N)c(F)c(NCCc3ccc(Cl)cc3)c(F)c21. The second kappa shape index (κ2) is 7.56. The van der Waals surface area contributed by atoms with Crippen molar-refractivity contribution in [1.82, 2.24) is 4.57 Å².